The lowest BCUT2D eigenvalue weighted by atomic mass is 10.1. The van der Waals surface area contributed by atoms with E-state index in [1.807, 2.05) is 62.3 Å². The third kappa shape index (κ3) is 4.53. The van der Waals surface area contributed by atoms with Crippen molar-refractivity contribution in [2.24, 2.45) is 0 Å². The van der Waals surface area contributed by atoms with Gasteiger partial charge in [0.25, 0.3) is 5.91 Å². The minimum atomic E-state index is -0.186. The zero-order valence-corrected chi connectivity index (χ0v) is 14.3. The van der Waals surface area contributed by atoms with Gasteiger partial charge in [0.1, 0.15) is 5.75 Å². The standard InChI is InChI=1S/C20H22N2O2/c1-4-24-19-14-8-6-12-17(19)20(23)21-15-9-11-16-10-5-7-13-18(16)22(2)3/h5-8,10,12-14H,4,15H2,1-3H3,(H,21,23). The predicted molar refractivity (Wildman–Crippen MR) is 97.6 cm³/mol. The molecule has 0 radical (unpaired) electrons. The van der Waals surface area contributed by atoms with E-state index in [9.17, 15) is 4.79 Å². The maximum absolute atomic E-state index is 12.3. The molecule has 0 aliphatic rings. The molecular weight excluding hydrogens is 300 g/mol. The average Bonchev–Trinajstić information content (AvgIpc) is 2.59. The number of nitrogens with zero attached hydrogens (tertiary/aromatic N) is 1. The third-order valence-corrected chi connectivity index (χ3v) is 3.38. The molecule has 0 spiro atoms. The van der Waals surface area contributed by atoms with Gasteiger partial charge in [-0.25, -0.2) is 0 Å². The van der Waals surface area contributed by atoms with Crippen molar-refractivity contribution in [2.45, 2.75) is 6.92 Å². The summed E-state index contributed by atoms with van der Waals surface area (Å²) in [7, 11) is 3.96. The summed E-state index contributed by atoms with van der Waals surface area (Å²) in [5.74, 6) is 6.50. The van der Waals surface area contributed by atoms with Gasteiger partial charge in [-0.1, -0.05) is 36.1 Å². The molecule has 0 saturated carbocycles. The minimum absolute atomic E-state index is 0.186. The zero-order chi connectivity index (χ0) is 17.4. The molecule has 2 aromatic carbocycles. The van der Waals surface area contributed by atoms with Crippen molar-refractivity contribution in [3.63, 3.8) is 0 Å². The molecule has 1 N–H and O–H groups in total. The summed E-state index contributed by atoms with van der Waals surface area (Å²) >= 11 is 0. The Morgan fingerprint density at radius 2 is 1.83 bits per heavy atom. The molecule has 0 bridgehead atoms. The number of anilines is 1. The van der Waals surface area contributed by atoms with E-state index in [2.05, 4.69) is 17.2 Å². The molecule has 1 amide bonds. The molecule has 124 valence electrons. The van der Waals surface area contributed by atoms with Crippen LogP contribution in [-0.2, 0) is 0 Å². The van der Waals surface area contributed by atoms with Gasteiger partial charge in [-0.2, -0.15) is 0 Å². The van der Waals surface area contributed by atoms with E-state index in [4.69, 9.17) is 4.74 Å². The van der Waals surface area contributed by atoms with E-state index in [-0.39, 0.29) is 12.5 Å². The van der Waals surface area contributed by atoms with Crippen LogP contribution in [0.4, 0.5) is 5.69 Å². The van der Waals surface area contributed by atoms with Gasteiger partial charge in [-0.05, 0) is 31.2 Å². The fraction of sp³-hybridized carbons (Fsp3) is 0.250. The van der Waals surface area contributed by atoms with Gasteiger partial charge in [0.2, 0.25) is 0 Å². The number of nitrogens with one attached hydrogen (secondary N) is 1. The second-order valence-corrected chi connectivity index (χ2v) is 5.33. The summed E-state index contributed by atoms with van der Waals surface area (Å²) < 4.78 is 5.47. The third-order valence-electron chi connectivity index (χ3n) is 3.38. The quantitative estimate of drug-likeness (QED) is 0.861. The van der Waals surface area contributed by atoms with E-state index in [0.29, 0.717) is 17.9 Å². The SMILES string of the molecule is CCOc1ccccc1C(=O)NCC#Cc1ccccc1N(C)C. The lowest BCUT2D eigenvalue weighted by molar-refractivity contribution is 0.0955. The molecule has 0 saturated heterocycles. The number of hydrogen-bond donors (Lipinski definition) is 1. The molecule has 0 fully saturated rings. The molecule has 2 aromatic rings. The monoisotopic (exact) mass is 322 g/mol. The highest BCUT2D eigenvalue weighted by atomic mass is 16.5. The van der Waals surface area contributed by atoms with Gasteiger partial charge in [-0.3, -0.25) is 4.79 Å². The molecule has 0 unspecified atom stereocenters. The Hall–Kier alpha value is -2.93. The maximum atomic E-state index is 12.3. The molecule has 2 rings (SSSR count). The maximum Gasteiger partial charge on any atom is 0.255 e. The molecule has 4 heteroatoms. The lowest BCUT2D eigenvalue weighted by Gasteiger charge is -2.13. The van der Waals surface area contributed by atoms with Crippen molar-refractivity contribution in [3.05, 3.63) is 59.7 Å². The topological polar surface area (TPSA) is 41.6 Å². The van der Waals surface area contributed by atoms with Crippen molar-refractivity contribution < 1.29 is 9.53 Å². The summed E-state index contributed by atoms with van der Waals surface area (Å²) in [5.41, 5.74) is 2.51. The van der Waals surface area contributed by atoms with Gasteiger partial charge < -0.3 is 15.0 Å². The second-order valence-electron chi connectivity index (χ2n) is 5.33. The summed E-state index contributed by atoms with van der Waals surface area (Å²) in [6.07, 6.45) is 0. The fourth-order valence-corrected chi connectivity index (χ4v) is 2.26. The van der Waals surface area contributed by atoms with Crippen LogP contribution in [0.5, 0.6) is 5.75 Å². The highest BCUT2D eigenvalue weighted by Gasteiger charge is 2.10. The van der Waals surface area contributed by atoms with Crippen LogP contribution in [-0.4, -0.2) is 33.2 Å². The van der Waals surface area contributed by atoms with E-state index < -0.39 is 0 Å². The van der Waals surface area contributed by atoms with Gasteiger partial charge in [0.05, 0.1) is 24.4 Å². The van der Waals surface area contributed by atoms with Crippen LogP contribution in [0.25, 0.3) is 0 Å². The molecular formula is C20H22N2O2. The van der Waals surface area contributed by atoms with Crippen LogP contribution >= 0.6 is 0 Å². The Kier molecular flexibility index (Phi) is 6.27. The van der Waals surface area contributed by atoms with Gasteiger partial charge in [-0.15, -0.1) is 0 Å². The van der Waals surface area contributed by atoms with E-state index >= 15 is 0 Å². The van der Waals surface area contributed by atoms with Crippen molar-refractivity contribution in [1.29, 1.82) is 0 Å². The number of hydrogen-bond acceptors (Lipinski definition) is 3. The van der Waals surface area contributed by atoms with Gasteiger partial charge in [0.15, 0.2) is 0 Å². The second kappa shape index (κ2) is 8.64. The van der Waals surface area contributed by atoms with Crippen LogP contribution in [0.3, 0.4) is 0 Å². The van der Waals surface area contributed by atoms with E-state index in [1.54, 1.807) is 12.1 Å². The number of carbonyl (C=O) groups is 1. The highest BCUT2D eigenvalue weighted by molar-refractivity contribution is 5.97. The first-order valence-electron chi connectivity index (χ1n) is 7.88. The first-order chi connectivity index (χ1) is 11.6. The van der Waals surface area contributed by atoms with E-state index in [0.717, 1.165) is 11.3 Å². The largest absolute Gasteiger partial charge is 0.493 e. The van der Waals surface area contributed by atoms with Gasteiger partial charge >= 0.3 is 0 Å². The lowest BCUT2D eigenvalue weighted by Crippen LogP contribution is -2.24. The summed E-state index contributed by atoms with van der Waals surface area (Å²) in [6, 6.07) is 15.1. The molecule has 0 aromatic heterocycles. The predicted octanol–water partition coefficient (Wildman–Crippen LogP) is 2.93. The number of para-hydroxylation sites is 2. The van der Waals surface area contributed by atoms with Crippen molar-refractivity contribution in [3.8, 4) is 17.6 Å². The van der Waals surface area contributed by atoms with Gasteiger partial charge in [0, 0.05) is 19.7 Å². The van der Waals surface area contributed by atoms with Crippen LogP contribution in [0.1, 0.15) is 22.8 Å². The van der Waals surface area contributed by atoms with Crippen molar-refractivity contribution in [1.82, 2.24) is 5.32 Å². The number of amides is 1. The van der Waals surface area contributed by atoms with Crippen LogP contribution in [0, 0.1) is 11.8 Å². The van der Waals surface area contributed by atoms with Crippen LogP contribution in [0.15, 0.2) is 48.5 Å². The molecule has 0 heterocycles. The number of benzene rings is 2. The number of rotatable bonds is 5. The van der Waals surface area contributed by atoms with Crippen LogP contribution in [0.2, 0.25) is 0 Å². The first-order valence-corrected chi connectivity index (χ1v) is 7.88. The number of ether oxygens (including phenoxy) is 1. The summed E-state index contributed by atoms with van der Waals surface area (Å²) in [5, 5.41) is 2.81. The highest BCUT2D eigenvalue weighted by Crippen LogP contribution is 2.18. The Morgan fingerprint density at radius 3 is 2.58 bits per heavy atom. The van der Waals surface area contributed by atoms with E-state index in [1.165, 1.54) is 0 Å². The Morgan fingerprint density at radius 1 is 1.12 bits per heavy atom. The van der Waals surface area contributed by atoms with Crippen molar-refractivity contribution in [2.75, 3.05) is 32.1 Å². The van der Waals surface area contributed by atoms with Crippen molar-refractivity contribution >= 4 is 11.6 Å². The Balaban J connectivity index is 2.02. The fourth-order valence-electron chi connectivity index (χ4n) is 2.26. The molecule has 0 aliphatic heterocycles. The number of carbonyl (C=O) groups excluding carboxylic acids is 1. The Labute approximate surface area is 143 Å². The minimum Gasteiger partial charge on any atom is -0.493 e. The first kappa shape index (κ1) is 17.4. The molecule has 0 aliphatic carbocycles. The summed E-state index contributed by atoms with van der Waals surface area (Å²) in [6.45, 7) is 2.69. The average molecular weight is 322 g/mol. The molecule has 4 nitrogen and oxygen atoms in total. The normalized spacial score (nSPS) is 9.62. The van der Waals surface area contributed by atoms with Crippen LogP contribution < -0.4 is 15.0 Å². The Bertz CT molecular complexity index is 757. The zero-order valence-electron chi connectivity index (χ0n) is 14.3. The smallest absolute Gasteiger partial charge is 0.255 e. The molecule has 0 atom stereocenters. The summed E-state index contributed by atoms with van der Waals surface area (Å²) in [4.78, 5) is 14.3. The molecule has 24 heavy (non-hydrogen) atoms.